The Morgan fingerprint density at radius 2 is 1.91 bits per heavy atom. The summed E-state index contributed by atoms with van der Waals surface area (Å²) >= 11 is 1.25. The number of aromatic nitrogens is 1. The minimum Gasteiger partial charge on any atom is -0.493 e. The summed E-state index contributed by atoms with van der Waals surface area (Å²) in [6, 6.07) is 9.77. The Kier molecular flexibility index (Phi) is 8.14. The first kappa shape index (κ1) is 24.6. The zero-order valence-electron chi connectivity index (χ0n) is 18.8. The van der Waals surface area contributed by atoms with Gasteiger partial charge in [0, 0.05) is 17.1 Å². The fourth-order valence-corrected chi connectivity index (χ4v) is 3.76. The molecule has 10 nitrogen and oxygen atoms in total. The Morgan fingerprint density at radius 3 is 2.56 bits per heavy atom. The van der Waals surface area contributed by atoms with E-state index in [1.165, 1.54) is 24.5 Å². The highest BCUT2D eigenvalue weighted by Crippen LogP contribution is 2.35. The number of methoxy groups -OCH3 is 1. The Labute approximate surface area is 199 Å². The summed E-state index contributed by atoms with van der Waals surface area (Å²) in [5, 5.41) is 16.5. The van der Waals surface area contributed by atoms with Crippen molar-refractivity contribution in [2.24, 2.45) is 0 Å². The van der Waals surface area contributed by atoms with Crippen LogP contribution in [-0.2, 0) is 22.6 Å². The molecule has 178 valence electrons. The number of nitrogens with zero attached hydrogens (tertiary/aromatic N) is 2. The third-order valence-corrected chi connectivity index (χ3v) is 5.49. The number of hydrogen-bond donors (Lipinski definition) is 1. The minimum atomic E-state index is -0.903. The molecule has 1 heterocycles. The molecule has 0 saturated heterocycles. The van der Waals surface area contributed by atoms with Crippen LogP contribution in [0.1, 0.15) is 33.5 Å². The average Bonchev–Trinajstić information content (AvgIpc) is 3.25. The number of carbonyl (C=O) groups is 2. The van der Waals surface area contributed by atoms with Crippen molar-refractivity contribution in [3.05, 3.63) is 73.7 Å². The van der Waals surface area contributed by atoms with Crippen molar-refractivity contribution in [3.8, 4) is 11.5 Å². The van der Waals surface area contributed by atoms with E-state index in [9.17, 15) is 19.7 Å². The number of hydrogen-bond acceptors (Lipinski definition) is 9. The predicted octanol–water partition coefficient (Wildman–Crippen LogP) is 4.31. The van der Waals surface area contributed by atoms with Crippen LogP contribution in [0.4, 0.5) is 11.4 Å². The van der Waals surface area contributed by atoms with Crippen molar-refractivity contribution in [1.82, 2.24) is 4.98 Å². The lowest BCUT2D eigenvalue weighted by Gasteiger charge is -2.11. The Balaban J connectivity index is 1.63. The van der Waals surface area contributed by atoms with Gasteiger partial charge in [-0.15, -0.1) is 11.3 Å². The van der Waals surface area contributed by atoms with Crippen molar-refractivity contribution in [2.45, 2.75) is 26.9 Å². The van der Waals surface area contributed by atoms with Gasteiger partial charge in [0.1, 0.15) is 17.2 Å². The number of esters is 1. The number of nitrogens with one attached hydrogen (secondary N) is 1. The number of anilines is 1. The molecule has 34 heavy (non-hydrogen) atoms. The highest BCUT2D eigenvalue weighted by molar-refractivity contribution is 7.09. The van der Waals surface area contributed by atoms with Crippen molar-refractivity contribution in [2.75, 3.05) is 19.0 Å². The first-order valence-corrected chi connectivity index (χ1v) is 11.1. The van der Waals surface area contributed by atoms with Gasteiger partial charge in [0.25, 0.3) is 5.69 Å². The molecule has 2 aromatic carbocycles. The number of rotatable bonds is 10. The molecular weight excluding hydrogens is 462 g/mol. The summed E-state index contributed by atoms with van der Waals surface area (Å²) in [6.07, 6.45) is 0.0635. The van der Waals surface area contributed by atoms with Crippen LogP contribution >= 0.6 is 11.3 Å². The number of amides is 1. The van der Waals surface area contributed by atoms with E-state index in [-0.39, 0.29) is 42.6 Å². The van der Waals surface area contributed by atoms with Gasteiger partial charge in [-0.25, -0.2) is 9.78 Å². The van der Waals surface area contributed by atoms with Crippen LogP contribution in [0.3, 0.4) is 0 Å². The molecular formula is C23H23N3O7S. The smallest absolute Gasteiger partial charge is 0.345 e. The van der Waals surface area contributed by atoms with Gasteiger partial charge in [-0.2, -0.15) is 0 Å². The number of benzene rings is 2. The van der Waals surface area contributed by atoms with Crippen molar-refractivity contribution in [1.29, 1.82) is 0 Å². The normalized spacial score (nSPS) is 10.4. The Morgan fingerprint density at radius 1 is 1.18 bits per heavy atom. The van der Waals surface area contributed by atoms with Crippen LogP contribution in [0, 0.1) is 17.0 Å². The summed E-state index contributed by atoms with van der Waals surface area (Å²) < 4.78 is 15.7. The Bertz CT molecular complexity index is 1190. The molecule has 0 radical (unpaired) electrons. The molecule has 0 fully saturated rings. The van der Waals surface area contributed by atoms with Crippen LogP contribution in [0.15, 0.2) is 41.8 Å². The van der Waals surface area contributed by atoms with E-state index in [1.807, 2.05) is 31.2 Å². The molecule has 1 amide bonds. The van der Waals surface area contributed by atoms with Crippen LogP contribution in [-0.4, -0.2) is 35.5 Å². The summed E-state index contributed by atoms with van der Waals surface area (Å²) in [4.78, 5) is 39.9. The summed E-state index contributed by atoms with van der Waals surface area (Å²) in [6.45, 7) is 3.75. The number of carbonyl (C=O) groups excluding carboxylic acids is 2. The van der Waals surface area contributed by atoms with Gasteiger partial charge >= 0.3 is 5.97 Å². The second-order valence-corrected chi connectivity index (χ2v) is 8.05. The van der Waals surface area contributed by atoms with E-state index in [1.54, 1.807) is 12.3 Å². The molecule has 1 aromatic heterocycles. The SMILES string of the molecule is CCOc1cc([N+](=O)[O-])c(C(=O)OCc2csc(CC(=O)Nc3ccc(C)cc3)n2)cc1OC. The lowest BCUT2D eigenvalue weighted by atomic mass is 10.1. The quantitative estimate of drug-likeness (QED) is 0.255. The van der Waals surface area contributed by atoms with Gasteiger partial charge in [0.15, 0.2) is 11.5 Å². The van der Waals surface area contributed by atoms with Gasteiger partial charge < -0.3 is 19.5 Å². The van der Waals surface area contributed by atoms with E-state index in [0.29, 0.717) is 16.4 Å². The highest BCUT2D eigenvalue weighted by atomic mass is 32.1. The average molecular weight is 486 g/mol. The second-order valence-electron chi connectivity index (χ2n) is 7.11. The molecule has 0 atom stereocenters. The molecule has 11 heteroatoms. The first-order valence-electron chi connectivity index (χ1n) is 10.3. The molecule has 0 spiro atoms. The van der Waals surface area contributed by atoms with Gasteiger partial charge in [-0.05, 0) is 26.0 Å². The maximum atomic E-state index is 12.6. The van der Waals surface area contributed by atoms with E-state index in [0.717, 1.165) is 11.6 Å². The fraction of sp³-hybridized carbons (Fsp3) is 0.261. The predicted molar refractivity (Wildman–Crippen MR) is 126 cm³/mol. The molecule has 3 rings (SSSR count). The molecule has 0 aliphatic carbocycles. The maximum absolute atomic E-state index is 12.6. The van der Waals surface area contributed by atoms with Gasteiger partial charge in [0.05, 0.1) is 36.8 Å². The molecule has 1 N–H and O–H groups in total. The molecule has 0 aliphatic rings. The largest absolute Gasteiger partial charge is 0.493 e. The third-order valence-electron chi connectivity index (χ3n) is 4.60. The monoisotopic (exact) mass is 485 g/mol. The number of nitro benzene ring substituents is 1. The highest BCUT2D eigenvalue weighted by Gasteiger charge is 2.26. The summed E-state index contributed by atoms with van der Waals surface area (Å²) in [7, 11) is 1.37. The molecule has 0 saturated carbocycles. The van der Waals surface area contributed by atoms with Crippen LogP contribution < -0.4 is 14.8 Å². The van der Waals surface area contributed by atoms with Crippen LogP contribution in [0.2, 0.25) is 0 Å². The number of aryl methyl sites for hydroxylation is 1. The van der Waals surface area contributed by atoms with Crippen LogP contribution in [0.25, 0.3) is 0 Å². The molecule has 3 aromatic rings. The molecule has 0 aliphatic heterocycles. The zero-order valence-corrected chi connectivity index (χ0v) is 19.6. The standard InChI is InChI=1S/C23H23N3O7S/c1-4-32-20-10-18(26(29)30)17(9-19(20)31-3)23(28)33-12-16-13-34-22(25-16)11-21(27)24-15-7-5-14(2)6-8-15/h5-10,13H,4,11-12H2,1-3H3,(H,24,27). The summed E-state index contributed by atoms with van der Waals surface area (Å²) in [5.41, 5.74) is 1.48. The van der Waals surface area contributed by atoms with Gasteiger partial charge in [-0.3, -0.25) is 14.9 Å². The maximum Gasteiger partial charge on any atom is 0.345 e. The van der Waals surface area contributed by atoms with E-state index in [4.69, 9.17) is 14.2 Å². The van der Waals surface area contributed by atoms with Crippen molar-refractivity contribution < 1.29 is 28.7 Å². The number of ether oxygens (including phenoxy) is 3. The number of nitro groups is 1. The van der Waals surface area contributed by atoms with E-state index in [2.05, 4.69) is 10.3 Å². The number of thiazole rings is 1. The molecule has 0 bridgehead atoms. The second kappa shape index (κ2) is 11.2. The third kappa shape index (κ3) is 6.29. The first-order chi connectivity index (χ1) is 16.3. The lowest BCUT2D eigenvalue weighted by molar-refractivity contribution is -0.385. The minimum absolute atomic E-state index is 0.0635. The van der Waals surface area contributed by atoms with Gasteiger partial charge in [0.2, 0.25) is 5.91 Å². The zero-order chi connectivity index (χ0) is 24.7. The molecule has 0 unspecified atom stereocenters. The van der Waals surface area contributed by atoms with Crippen molar-refractivity contribution >= 4 is 34.6 Å². The lowest BCUT2D eigenvalue weighted by Crippen LogP contribution is -2.14. The van der Waals surface area contributed by atoms with Gasteiger partial charge in [-0.1, -0.05) is 17.7 Å². The van der Waals surface area contributed by atoms with E-state index < -0.39 is 16.6 Å². The van der Waals surface area contributed by atoms with Crippen molar-refractivity contribution in [3.63, 3.8) is 0 Å². The Hall–Kier alpha value is -3.99. The topological polar surface area (TPSA) is 130 Å². The summed E-state index contributed by atoms with van der Waals surface area (Å²) in [5.74, 6) is -0.796. The van der Waals surface area contributed by atoms with E-state index >= 15 is 0 Å². The fourth-order valence-electron chi connectivity index (χ4n) is 2.98. The van der Waals surface area contributed by atoms with Crippen LogP contribution in [0.5, 0.6) is 11.5 Å².